The molecule has 0 amide bonds. The maximum Gasteiger partial charge on any atom is 0.208 e. The van der Waals surface area contributed by atoms with Crippen LogP contribution in [0, 0.1) is 0 Å². The second-order valence-corrected chi connectivity index (χ2v) is 4.52. The quantitative estimate of drug-likeness (QED) is 0.354. The molecule has 0 bridgehead atoms. The van der Waals surface area contributed by atoms with Crippen molar-refractivity contribution in [2.24, 2.45) is 0 Å². The summed E-state index contributed by atoms with van der Waals surface area (Å²) in [5, 5.41) is 1.27. The molecule has 0 N–H and O–H groups in total. The molecule has 0 aliphatic carbocycles. The molecule has 1 unspecified atom stereocenters. The fraction of sp³-hybridized carbons (Fsp3) is 1.00. The third kappa shape index (κ3) is 5.52. The van der Waals surface area contributed by atoms with Gasteiger partial charge in [-0.3, -0.25) is 0 Å². The molecule has 4 heteroatoms. The van der Waals surface area contributed by atoms with Crippen molar-refractivity contribution in [3.63, 3.8) is 0 Å². The van der Waals surface area contributed by atoms with Gasteiger partial charge in [-0.25, -0.2) is 4.89 Å². The van der Waals surface area contributed by atoms with Gasteiger partial charge < -0.3 is 0 Å². The molecule has 0 spiro atoms. The Hall–Kier alpha value is 0.742. The summed E-state index contributed by atoms with van der Waals surface area (Å²) < 4.78 is 4.68. The number of hydrogen-bond donors (Lipinski definition) is 0. The van der Waals surface area contributed by atoms with Gasteiger partial charge in [-0.15, -0.1) is 9.72 Å². The average molecular weight is 180 g/mol. The molecular formula is C6H13AlClO2. The minimum absolute atomic E-state index is 0.502. The Bertz CT molecular complexity index is 72.8. The second kappa shape index (κ2) is 7.85. The van der Waals surface area contributed by atoms with E-state index in [1.54, 1.807) is 0 Å². The van der Waals surface area contributed by atoms with Crippen molar-refractivity contribution in [2.75, 3.05) is 6.61 Å². The molecule has 0 saturated carbocycles. The lowest BCUT2D eigenvalue weighted by Gasteiger charge is -2.09. The Labute approximate surface area is 73.7 Å². The van der Waals surface area contributed by atoms with Crippen LogP contribution in [0.2, 0.25) is 10.1 Å². The Balaban J connectivity index is 3.21. The standard InChI is InChI=1S/C4H8ClO2.C2H5.Al/c1-2-3-4-6-7-5;1-2;/h3H,2,4H2,1H3;1H2,2H3;. The van der Waals surface area contributed by atoms with Crippen molar-refractivity contribution in [2.45, 2.75) is 30.3 Å². The Morgan fingerprint density at radius 2 is 2.20 bits per heavy atom. The zero-order chi connectivity index (χ0) is 7.82. The van der Waals surface area contributed by atoms with Crippen molar-refractivity contribution in [1.29, 1.82) is 0 Å². The van der Waals surface area contributed by atoms with Gasteiger partial charge in [0, 0.05) is 0 Å². The highest BCUT2D eigenvalue weighted by molar-refractivity contribution is 6.37. The fourth-order valence-corrected chi connectivity index (χ4v) is 2.07. The van der Waals surface area contributed by atoms with Gasteiger partial charge in [0.05, 0.1) is 18.5 Å². The first-order valence-corrected chi connectivity index (χ1v) is 5.37. The molecule has 0 heterocycles. The molecule has 0 fully saturated rings. The lowest BCUT2D eigenvalue weighted by Crippen LogP contribution is -2.08. The van der Waals surface area contributed by atoms with Gasteiger partial charge in [-0.05, 0) is 0 Å². The summed E-state index contributed by atoms with van der Waals surface area (Å²) in [6, 6.07) is 0. The van der Waals surface area contributed by atoms with E-state index in [-0.39, 0.29) is 0 Å². The maximum absolute atomic E-state index is 4.89. The van der Waals surface area contributed by atoms with Crippen molar-refractivity contribution in [3.8, 4) is 0 Å². The SMILES string of the molecule is C[CH2][Al][CH](CC)COOCl. The molecule has 0 saturated heterocycles. The van der Waals surface area contributed by atoms with Gasteiger partial charge in [0.1, 0.15) is 0 Å². The van der Waals surface area contributed by atoms with E-state index in [1.165, 1.54) is 5.28 Å². The van der Waals surface area contributed by atoms with E-state index < -0.39 is 0 Å². The summed E-state index contributed by atoms with van der Waals surface area (Å²) in [7, 11) is 0. The lowest BCUT2D eigenvalue weighted by molar-refractivity contribution is -0.202. The zero-order valence-electron chi connectivity index (χ0n) is 6.47. The zero-order valence-corrected chi connectivity index (χ0v) is 8.38. The van der Waals surface area contributed by atoms with Crippen LogP contribution in [0.4, 0.5) is 0 Å². The third-order valence-corrected chi connectivity index (χ3v) is 3.31. The summed E-state index contributed by atoms with van der Waals surface area (Å²) in [5.74, 6) is 0. The summed E-state index contributed by atoms with van der Waals surface area (Å²) in [5.41, 5.74) is 0. The molecule has 0 aromatic rings. The second-order valence-electron chi connectivity index (χ2n) is 2.16. The predicted octanol–water partition coefficient (Wildman–Crippen LogP) is 2.43. The first-order valence-electron chi connectivity index (χ1n) is 3.58. The molecule has 59 valence electrons. The third-order valence-electron chi connectivity index (χ3n) is 1.42. The topological polar surface area (TPSA) is 18.5 Å². The summed E-state index contributed by atoms with van der Waals surface area (Å²) in [4.78, 5) is 4.63. The van der Waals surface area contributed by atoms with Crippen LogP contribution in [0.3, 0.4) is 0 Å². The van der Waals surface area contributed by atoms with E-state index in [1.807, 2.05) is 0 Å². The Kier molecular flexibility index (Phi) is 8.43. The largest absolute Gasteiger partial charge is 0.219 e. The van der Waals surface area contributed by atoms with Crippen LogP contribution < -0.4 is 0 Å². The van der Waals surface area contributed by atoms with E-state index in [9.17, 15) is 0 Å². The molecule has 10 heavy (non-hydrogen) atoms. The van der Waals surface area contributed by atoms with Crippen molar-refractivity contribution in [3.05, 3.63) is 0 Å². The van der Waals surface area contributed by atoms with Gasteiger partial charge in [-0.1, -0.05) is 25.0 Å². The Morgan fingerprint density at radius 3 is 2.60 bits per heavy atom. The maximum atomic E-state index is 4.89. The smallest absolute Gasteiger partial charge is 0.208 e. The summed E-state index contributed by atoms with van der Waals surface area (Å²) >= 11 is 5.39. The molecule has 0 aromatic carbocycles. The highest BCUT2D eigenvalue weighted by Gasteiger charge is 2.06. The summed E-state index contributed by atoms with van der Waals surface area (Å²) in [6.07, 6.45) is 1.16. The number of hydrogen-bond acceptors (Lipinski definition) is 2. The average Bonchev–Trinajstić information content (AvgIpc) is 1.98. The van der Waals surface area contributed by atoms with Gasteiger partial charge in [0.15, 0.2) is 0 Å². The monoisotopic (exact) mass is 179 g/mol. The van der Waals surface area contributed by atoms with Crippen LogP contribution >= 0.6 is 11.9 Å². The first-order chi connectivity index (χ1) is 4.85. The molecule has 1 radical (unpaired) electrons. The van der Waals surface area contributed by atoms with E-state index in [4.69, 9.17) is 11.9 Å². The molecule has 0 aliphatic heterocycles. The molecule has 0 aliphatic rings. The predicted molar refractivity (Wildman–Crippen MR) is 43.2 cm³/mol. The van der Waals surface area contributed by atoms with E-state index in [0.29, 0.717) is 26.6 Å². The van der Waals surface area contributed by atoms with Gasteiger partial charge in [0.2, 0.25) is 15.2 Å². The van der Waals surface area contributed by atoms with Crippen LogP contribution in [0.15, 0.2) is 0 Å². The molecule has 0 aromatic heterocycles. The summed E-state index contributed by atoms with van der Waals surface area (Å²) in [6.45, 7) is 4.99. The molecular weight excluding hydrogens is 166 g/mol. The van der Waals surface area contributed by atoms with E-state index in [2.05, 4.69) is 23.2 Å². The normalized spacial score (nSPS) is 13.1. The van der Waals surface area contributed by atoms with Crippen molar-refractivity contribution >= 4 is 27.1 Å². The van der Waals surface area contributed by atoms with Crippen molar-refractivity contribution in [1.82, 2.24) is 0 Å². The van der Waals surface area contributed by atoms with Crippen LogP contribution in [0.25, 0.3) is 0 Å². The van der Waals surface area contributed by atoms with Crippen LogP contribution in [-0.2, 0) is 9.33 Å². The highest BCUT2D eigenvalue weighted by atomic mass is 35.5. The molecule has 0 rings (SSSR count). The van der Waals surface area contributed by atoms with Gasteiger partial charge >= 0.3 is 0 Å². The fourth-order valence-electron chi connectivity index (χ4n) is 0.799. The van der Waals surface area contributed by atoms with Gasteiger partial charge in [0.25, 0.3) is 0 Å². The van der Waals surface area contributed by atoms with Crippen LogP contribution in [0.5, 0.6) is 0 Å². The van der Waals surface area contributed by atoms with Gasteiger partial charge in [-0.2, -0.15) is 0 Å². The van der Waals surface area contributed by atoms with E-state index >= 15 is 0 Å². The first kappa shape index (κ1) is 10.7. The van der Waals surface area contributed by atoms with Crippen molar-refractivity contribution < 1.29 is 9.33 Å². The number of rotatable bonds is 6. The molecule has 2 nitrogen and oxygen atoms in total. The molecule has 1 atom stereocenters. The van der Waals surface area contributed by atoms with Crippen LogP contribution in [-0.4, -0.2) is 21.8 Å². The number of halogens is 1. The van der Waals surface area contributed by atoms with E-state index in [0.717, 1.165) is 6.42 Å². The lowest BCUT2D eigenvalue weighted by atomic mass is 10.3. The Morgan fingerprint density at radius 1 is 1.50 bits per heavy atom. The minimum Gasteiger partial charge on any atom is -0.219 e. The van der Waals surface area contributed by atoms with Crippen LogP contribution in [0.1, 0.15) is 20.3 Å². The highest BCUT2D eigenvalue weighted by Crippen LogP contribution is 2.10. The minimum atomic E-state index is 0.502.